The number of carboxylic acids is 2. The lowest BCUT2D eigenvalue weighted by Crippen LogP contribution is -2.45. The molecule has 3 unspecified atom stereocenters. The summed E-state index contributed by atoms with van der Waals surface area (Å²) in [6, 6.07) is 5.28. The molecule has 1 aromatic carbocycles. The van der Waals surface area contributed by atoms with Crippen molar-refractivity contribution in [1.82, 2.24) is 26.0 Å². The van der Waals surface area contributed by atoms with Crippen molar-refractivity contribution >= 4 is 79.1 Å². The molecule has 0 saturated heterocycles. The molecule has 0 aromatic heterocycles. The summed E-state index contributed by atoms with van der Waals surface area (Å²) in [5, 5.41) is 28.8. The first kappa shape index (κ1) is 71.0. The van der Waals surface area contributed by atoms with E-state index >= 15 is 0 Å². The number of carbonyl (C=O) groups is 10. The van der Waals surface area contributed by atoms with E-state index in [0.717, 1.165) is 12.0 Å². The number of unbranched alkanes of at least 4 members (excludes halogenated alkanes) is 1. The van der Waals surface area contributed by atoms with Crippen LogP contribution in [0, 0.1) is 12.8 Å². The first-order valence-corrected chi connectivity index (χ1v) is 28.3. The number of primary amides is 1. The van der Waals surface area contributed by atoms with Gasteiger partial charge in [0.15, 0.2) is 5.78 Å². The van der Waals surface area contributed by atoms with Gasteiger partial charge < -0.3 is 56.2 Å². The molecule has 27 nitrogen and oxygen atoms in total. The number of carbonyl (C=O) groups excluding carboxylic acids is 8. The van der Waals surface area contributed by atoms with Crippen LogP contribution in [0.3, 0.4) is 0 Å². The van der Waals surface area contributed by atoms with Crippen LogP contribution in [0.5, 0.6) is 0 Å². The van der Waals surface area contributed by atoms with E-state index in [1.165, 1.54) is 0 Å². The van der Waals surface area contributed by atoms with Gasteiger partial charge >= 0.3 is 11.9 Å². The molecule has 77 heavy (non-hydrogen) atoms. The standard InChI is InChI=1S/C27H45N3O16S2.C21H33N3O5/c1-2-20(31)8-9-22(27(38)39)29-24(34)10-7-19(26(36)37)17-21(32)18-46-14-13-45-12-11-28-23(33)5-3-15-47(40,41)30-25(35)6-4-16-48(42,43)44;1-3-12-28-13-14-29-15-19(25)24-18(20(22)26)6-4-5-11-23-21(27)17-9-7-16(2)8-10-17/h19,22H,2-18H2,1H3,(H,28,33)(H,29,34)(H,30,35)(H,36,37)(H,38,39)(H,42,43,44);7-10,18H,3-6,11-15H2,1-2H3,(H2,22,26)(H,23,27)(H,24,25). The summed E-state index contributed by atoms with van der Waals surface area (Å²) in [6.07, 6.45) is 0.765. The van der Waals surface area contributed by atoms with Gasteiger partial charge in [0.2, 0.25) is 39.6 Å². The number of nitrogens with one attached hydrogen (secondary N) is 5. The maximum Gasteiger partial charge on any atom is 0.326 e. The highest BCUT2D eigenvalue weighted by atomic mass is 32.2. The van der Waals surface area contributed by atoms with Crippen LogP contribution in [-0.4, -0.2) is 180 Å². The third kappa shape index (κ3) is 40.0. The minimum atomic E-state index is -4.27. The number of rotatable bonds is 44. The second-order valence-electron chi connectivity index (χ2n) is 17.4. The topological polar surface area (TPSA) is 423 Å². The molecule has 0 aliphatic rings. The number of aryl methyl sites for hydroxylation is 1. The van der Waals surface area contributed by atoms with Crippen LogP contribution in [0.1, 0.15) is 120 Å². The van der Waals surface area contributed by atoms with Crippen LogP contribution in [-0.2, 0) is 82.2 Å². The third-order valence-corrected chi connectivity index (χ3v) is 12.7. The molecule has 0 radical (unpaired) electrons. The van der Waals surface area contributed by atoms with E-state index in [9.17, 15) is 75.0 Å². The molecule has 0 spiro atoms. The zero-order valence-corrected chi connectivity index (χ0v) is 45.6. The lowest BCUT2D eigenvalue weighted by molar-refractivity contribution is -0.145. The Morgan fingerprint density at radius 2 is 1.18 bits per heavy atom. The minimum Gasteiger partial charge on any atom is -0.481 e. The highest BCUT2D eigenvalue weighted by Crippen LogP contribution is 2.14. The Balaban J connectivity index is 0.00000169. The fourth-order valence-corrected chi connectivity index (χ4v) is 7.95. The molecular weight excluding hydrogens is 1060 g/mol. The van der Waals surface area contributed by atoms with Gasteiger partial charge in [-0.2, -0.15) is 8.42 Å². The van der Waals surface area contributed by atoms with Crippen molar-refractivity contribution in [1.29, 1.82) is 0 Å². The van der Waals surface area contributed by atoms with Gasteiger partial charge in [0.1, 0.15) is 31.1 Å². The smallest absolute Gasteiger partial charge is 0.326 e. The quantitative estimate of drug-likeness (QED) is 0.0309. The number of hydrogen-bond acceptors (Lipinski definition) is 18. The van der Waals surface area contributed by atoms with Crippen molar-refractivity contribution in [3.8, 4) is 0 Å². The second kappa shape index (κ2) is 41.2. The lowest BCUT2D eigenvalue weighted by atomic mass is 9.97. The Morgan fingerprint density at radius 3 is 1.78 bits per heavy atom. The summed E-state index contributed by atoms with van der Waals surface area (Å²) in [5.74, 6) is -9.04. The second-order valence-corrected chi connectivity index (χ2v) is 20.8. The molecular formula is C48H78N6O21S2. The molecule has 0 heterocycles. The average molecular weight is 1140 g/mol. The first-order chi connectivity index (χ1) is 36.3. The largest absolute Gasteiger partial charge is 0.481 e. The van der Waals surface area contributed by atoms with Gasteiger partial charge in [0.05, 0.1) is 50.5 Å². The number of Topliss-reactive ketones (excluding diaryl/α,β-unsaturated/α-hetero) is 2. The SMILES string of the molecule is CCC(=O)CCC(NC(=O)CCC(CC(=O)COCCOCCNC(=O)CCCS(=O)(=O)NC(=O)CCCS(=O)(=O)O)C(=O)O)C(=O)O.CCCOCCOCC(=O)NC(CCCCNC(=O)c1ccc(C)cc1)C(N)=O. The Labute approximate surface area is 449 Å². The highest BCUT2D eigenvalue weighted by Gasteiger charge is 2.25. The Hall–Kier alpha value is -5.98. The number of ketones is 2. The van der Waals surface area contributed by atoms with Crippen LogP contribution in [0.4, 0.5) is 0 Å². The molecule has 0 aliphatic carbocycles. The molecule has 3 atom stereocenters. The number of carboxylic acid groups (broad SMARTS) is 2. The van der Waals surface area contributed by atoms with E-state index in [2.05, 4.69) is 21.3 Å². The van der Waals surface area contributed by atoms with Gasteiger partial charge in [-0.15, -0.1) is 0 Å². The molecule has 0 aliphatic heterocycles. The number of sulfonamides is 1. The van der Waals surface area contributed by atoms with Gasteiger partial charge in [-0.3, -0.25) is 52.4 Å². The summed E-state index contributed by atoms with van der Waals surface area (Å²) >= 11 is 0. The van der Waals surface area contributed by atoms with Gasteiger partial charge in [0, 0.05) is 63.8 Å². The molecule has 29 heteroatoms. The van der Waals surface area contributed by atoms with Crippen molar-refractivity contribution in [2.45, 2.75) is 123 Å². The maximum absolute atomic E-state index is 12.2. The minimum absolute atomic E-state index is 0.0292. The zero-order valence-electron chi connectivity index (χ0n) is 44.0. The third-order valence-electron chi connectivity index (χ3n) is 10.5. The number of aliphatic carboxylic acids is 2. The van der Waals surface area contributed by atoms with Crippen molar-refractivity contribution in [3.63, 3.8) is 0 Å². The van der Waals surface area contributed by atoms with Crippen molar-refractivity contribution in [2.24, 2.45) is 11.7 Å². The molecule has 1 rings (SSSR count). The van der Waals surface area contributed by atoms with Crippen LogP contribution < -0.4 is 31.7 Å². The van der Waals surface area contributed by atoms with Crippen molar-refractivity contribution in [2.75, 3.05) is 77.5 Å². The number of amides is 6. The van der Waals surface area contributed by atoms with Gasteiger partial charge in [0.25, 0.3) is 16.0 Å². The number of nitrogens with two attached hydrogens (primary N) is 1. The van der Waals surface area contributed by atoms with Crippen molar-refractivity contribution in [3.05, 3.63) is 35.4 Å². The normalized spacial score (nSPS) is 12.4. The molecule has 10 N–H and O–H groups in total. The van der Waals surface area contributed by atoms with Crippen LogP contribution in [0.2, 0.25) is 0 Å². The maximum atomic E-state index is 12.2. The van der Waals surface area contributed by atoms with E-state index in [4.69, 9.17) is 29.2 Å². The summed E-state index contributed by atoms with van der Waals surface area (Å²) in [5.41, 5.74) is 7.06. The fraction of sp³-hybridized carbons (Fsp3) is 0.667. The predicted octanol–water partition coefficient (Wildman–Crippen LogP) is 0.107. The summed E-state index contributed by atoms with van der Waals surface area (Å²) < 4.78 is 76.2. The highest BCUT2D eigenvalue weighted by molar-refractivity contribution is 7.90. The van der Waals surface area contributed by atoms with Crippen LogP contribution in [0.15, 0.2) is 24.3 Å². The van der Waals surface area contributed by atoms with E-state index in [1.54, 1.807) is 23.8 Å². The lowest BCUT2D eigenvalue weighted by Gasteiger charge is -2.15. The number of ether oxygens (including phenoxy) is 4. The van der Waals surface area contributed by atoms with E-state index in [1.807, 2.05) is 26.0 Å². The Kier molecular flexibility index (Phi) is 38.0. The molecule has 0 saturated carbocycles. The number of hydrogen-bond donors (Lipinski definition) is 9. The first-order valence-electron chi connectivity index (χ1n) is 25.1. The fourth-order valence-electron chi connectivity index (χ4n) is 6.36. The Bertz CT molecular complexity index is 2250. The van der Waals surface area contributed by atoms with Gasteiger partial charge in [-0.1, -0.05) is 31.5 Å². The monoisotopic (exact) mass is 1140 g/mol. The molecule has 0 bridgehead atoms. The molecule has 438 valence electrons. The Morgan fingerprint density at radius 1 is 0.584 bits per heavy atom. The summed E-state index contributed by atoms with van der Waals surface area (Å²) in [7, 11) is -8.31. The van der Waals surface area contributed by atoms with E-state index in [0.29, 0.717) is 51.2 Å². The van der Waals surface area contributed by atoms with Gasteiger partial charge in [-0.05, 0) is 70.4 Å². The molecule has 0 fully saturated rings. The summed E-state index contributed by atoms with van der Waals surface area (Å²) in [4.78, 5) is 118. The predicted molar refractivity (Wildman–Crippen MR) is 276 cm³/mol. The van der Waals surface area contributed by atoms with Crippen molar-refractivity contribution < 1.29 is 98.5 Å². The molecule has 6 amide bonds. The zero-order chi connectivity index (χ0) is 58.2. The van der Waals surface area contributed by atoms with Crippen LogP contribution >= 0.6 is 0 Å². The van der Waals surface area contributed by atoms with E-state index in [-0.39, 0.29) is 96.0 Å². The van der Waals surface area contributed by atoms with Gasteiger partial charge in [-0.25, -0.2) is 13.2 Å². The average Bonchev–Trinajstić information content (AvgIpc) is 3.34. The summed E-state index contributed by atoms with van der Waals surface area (Å²) in [6.45, 7) is 7.04. The van der Waals surface area contributed by atoms with Crippen LogP contribution in [0.25, 0.3) is 0 Å². The van der Waals surface area contributed by atoms with E-state index < -0.39 is 116 Å². The molecule has 1 aromatic rings. The number of benzene rings is 1.